The number of rotatable bonds is 4. The van der Waals surface area contributed by atoms with Gasteiger partial charge in [0, 0.05) is 12.8 Å². The predicted molar refractivity (Wildman–Crippen MR) is 73.1 cm³/mol. The molecule has 0 saturated carbocycles. The highest BCUT2D eigenvalue weighted by atomic mass is 16.4. The first kappa shape index (κ1) is 19.8. The van der Waals surface area contributed by atoms with Crippen molar-refractivity contribution in [3.05, 3.63) is 35.4 Å². The molecule has 0 aliphatic rings. The molecule has 1 aromatic carbocycles. The van der Waals surface area contributed by atoms with E-state index in [1.807, 2.05) is 13.8 Å². The van der Waals surface area contributed by atoms with Gasteiger partial charge in [-0.15, -0.1) is 0 Å². The van der Waals surface area contributed by atoms with E-state index in [0.717, 1.165) is 12.6 Å². The summed E-state index contributed by atoms with van der Waals surface area (Å²) in [7, 11) is 0. The summed E-state index contributed by atoms with van der Waals surface area (Å²) in [6.45, 7) is 3.62. The van der Waals surface area contributed by atoms with Crippen molar-refractivity contribution in [2.24, 2.45) is 0 Å². The maximum Gasteiger partial charge on any atom is 0.335 e. The molecule has 0 saturated heterocycles. The van der Waals surface area contributed by atoms with Gasteiger partial charge in [-0.1, -0.05) is 13.8 Å². The number of carbonyl (C=O) groups is 4. The van der Waals surface area contributed by atoms with Crippen LogP contribution >= 0.6 is 0 Å². The predicted octanol–water partition coefficient (Wildman–Crippen LogP) is 2.27. The molecule has 0 heterocycles. The first-order chi connectivity index (χ1) is 9.44. The molecule has 0 aliphatic carbocycles. The molecule has 0 unspecified atom stereocenters. The van der Waals surface area contributed by atoms with E-state index >= 15 is 0 Å². The second kappa shape index (κ2) is 12.9. The topological polar surface area (TPSA) is 109 Å². The Morgan fingerprint density at radius 3 is 1.15 bits per heavy atom. The van der Waals surface area contributed by atoms with E-state index in [2.05, 4.69) is 0 Å². The fourth-order valence-corrected chi connectivity index (χ4v) is 0.755. The van der Waals surface area contributed by atoms with Gasteiger partial charge < -0.3 is 19.8 Å². The number of benzene rings is 1. The number of hydrogen-bond acceptors (Lipinski definition) is 4. The third-order valence-corrected chi connectivity index (χ3v) is 1.71. The van der Waals surface area contributed by atoms with Gasteiger partial charge >= 0.3 is 11.9 Å². The summed E-state index contributed by atoms with van der Waals surface area (Å²) >= 11 is 0. The van der Waals surface area contributed by atoms with E-state index in [0.29, 0.717) is 12.8 Å². The molecule has 6 nitrogen and oxygen atoms in total. The minimum absolute atomic E-state index is 0.0833. The average molecular weight is 282 g/mol. The molecule has 0 aliphatic heterocycles. The summed E-state index contributed by atoms with van der Waals surface area (Å²) < 4.78 is 0. The summed E-state index contributed by atoms with van der Waals surface area (Å²) in [5.74, 6) is -2.13. The van der Waals surface area contributed by atoms with Crippen LogP contribution < -0.4 is 0 Å². The van der Waals surface area contributed by atoms with Gasteiger partial charge in [0.25, 0.3) is 0 Å². The fourth-order valence-electron chi connectivity index (χ4n) is 0.755. The SMILES string of the molecule is CCC=O.CCC=O.O=C(O)c1ccc(C(=O)O)cc1. The van der Waals surface area contributed by atoms with Crippen LogP contribution in [0.1, 0.15) is 47.4 Å². The van der Waals surface area contributed by atoms with E-state index in [4.69, 9.17) is 10.2 Å². The maximum atomic E-state index is 10.3. The van der Waals surface area contributed by atoms with Crippen molar-refractivity contribution in [1.29, 1.82) is 0 Å². The molecule has 0 radical (unpaired) electrons. The van der Waals surface area contributed by atoms with Crippen LogP contribution in [0.5, 0.6) is 0 Å². The lowest BCUT2D eigenvalue weighted by molar-refractivity contribution is -0.108. The molecule has 2 N–H and O–H groups in total. The minimum atomic E-state index is -1.06. The van der Waals surface area contributed by atoms with Gasteiger partial charge in [0.2, 0.25) is 0 Å². The second-order valence-electron chi connectivity index (χ2n) is 3.34. The summed E-state index contributed by atoms with van der Waals surface area (Å²) in [6, 6.07) is 5.02. The van der Waals surface area contributed by atoms with Gasteiger partial charge in [0.15, 0.2) is 0 Å². The number of carboxylic acid groups (broad SMARTS) is 2. The zero-order valence-corrected chi connectivity index (χ0v) is 11.4. The van der Waals surface area contributed by atoms with Gasteiger partial charge in [0.1, 0.15) is 12.6 Å². The van der Waals surface area contributed by atoms with E-state index in [1.54, 1.807) is 0 Å². The summed E-state index contributed by atoms with van der Waals surface area (Å²) in [5.41, 5.74) is 0.167. The van der Waals surface area contributed by atoms with Crippen LogP contribution in [0.4, 0.5) is 0 Å². The summed E-state index contributed by atoms with van der Waals surface area (Å²) in [4.78, 5) is 39.0. The van der Waals surface area contributed by atoms with E-state index in [-0.39, 0.29) is 11.1 Å². The lowest BCUT2D eigenvalue weighted by Crippen LogP contribution is -1.99. The van der Waals surface area contributed by atoms with Crippen molar-refractivity contribution in [3.63, 3.8) is 0 Å². The Balaban J connectivity index is 0. The van der Waals surface area contributed by atoms with E-state index < -0.39 is 11.9 Å². The maximum absolute atomic E-state index is 10.3. The third kappa shape index (κ3) is 10.6. The van der Waals surface area contributed by atoms with Gasteiger partial charge in [-0.2, -0.15) is 0 Å². The van der Waals surface area contributed by atoms with Crippen LogP contribution in [0.2, 0.25) is 0 Å². The molecule has 1 aromatic rings. The first-order valence-corrected chi connectivity index (χ1v) is 5.88. The van der Waals surface area contributed by atoms with Crippen molar-refractivity contribution in [1.82, 2.24) is 0 Å². The summed E-state index contributed by atoms with van der Waals surface area (Å²) in [5, 5.41) is 16.9. The highest BCUT2D eigenvalue weighted by Crippen LogP contribution is 2.03. The molecule has 0 aromatic heterocycles. The molecule has 6 heteroatoms. The lowest BCUT2D eigenvalue weighted by atomic mass is 10.1. The summed E-state index contributed by atoms with van der Waals surface area (Å²) in [6.07, 6.45) is 3.03. The second-order valence-corrected chi connectivity index (χ2v) is 3.34. The monoisotopic (exact) mass is 282 g/mol. The Bertz CT molecular complexity index is 381. The number of carbonyl (C=O) groups excluding carboxylic acids is 2. The molecular formula is C14H18O6. The van der Waals surface area contributed by atoms with Crippen molar-refractivity contribution in [3.8, 4) is 0 Å². The molecule has 0 atom stereocenters. The van der Waals surface area contributed by atoms with Crippen LogP contribution in [-0.2, 0) is 9.59 Å². The van der Waals surface area contributed by atoms with Gasteiger partial charge in [-0.25, -0.2) is 9.59 Å². The van der Waals surface area contributed by atoms with Crippen molar-refractivity contribution < 1.29 is 29.4 Å². The Morgan fingerprint density at radius 2 is 1.05 bits per heavy atom. The van der Waals surface area contributed by atoms with Crippen molar-refractivity contribution in [2.45, 2.75) is 26.7 Å². The number of carboxylic acids is 2. The van der Waals surface area contributed by atoms with Crippen molar-refractivity contribution >= 4 is 24.5 Å². The Morgan fingerprint density at radius 1 is 0.850 bits per heavy atom. The first-order valence-electron chi connectivity index (χ1n) is 5.88. The van der Waals surface area contributed by atoms with Crippen LogP contribution in [0, 0.1) is 0 Å². The van der Waals surface area contributed by atoms with Crippen LogP contribution in [-0.4, -0.2) is 34.7 Å². The Kier molecular flexibility index (Phi) is 12.8. The number of hydrogen-bond donors (Lipinski definition) is 2. The normalized spacial score (nSPS) is 8.10. The number of aldehydes is 2. The molecular weight excluding hydrogens is 264 g/mol. The van der Waals surface area contributed by atoms with Crippen LogP contribution in [0.15, 0.2) is 24.3 Å². The Labute approximate surface area is 117 Å². The highest BCUT2D eigenvalue weighted by molar-refractivity contribution is 5.91. The third-order valence-electron chi connectivity index (χ3n) is 1.71. The minimum Gasteiger partial charge on any atom is -0.478 e. The molecule has 0 spiro atoms. The average Bonchev–Trinajstić information content (AvgIpc) is 2.47. The molecule has 110 valence electrons. The molecule has 20 heavy (non-hydrogen) atoms. The zero-order valence-electron chi connectivity index (χ0n) is 11.4. The standard InChI is InChI=1S/C8H6O4.2C3H6O/c9-7(10)5-1-2-6(4-3-5)8(11)12;2*1-2-3-4/h1-4H,(H,9,10)(H,11,12);2*3H,2H2,1H3. The molecule has 0 bridgehead atoms. The zero-order chi connectivity index (χ0) is 16.0. The van der Waals surface area contributed by atoms with Crippen LogP contribution in [0.25, 0.3) is 0 Å². The van der Waals surface area contributed by atoms with Gasteiger partial charge in [0.05, 0.1) is 11.1 Å². The van der Waals surface area contributed by atoms with Crippen molar-refractivity contribution in [2.75, 3.05) is 0 Å². The Hall–Kier alpha value is -2.50. The molecule has 1 rings (SSSR count). The van der Waals surface area contributed by atoms with E-state index in [1.165, 1.54) is 24.3 Å². The molecule has 0 amide bonds. The smallest absolute Gasteiger partial charge is 0.335 e. The molecule has 0 fully saturated rings. The lowest BCUT2D eigenvalue weighted by Gasteiger charge is -1.94. The number of aromatic carboxylic acids is 2. The highest BCUT2D eigenvalue weighted by Gasteiger charge is 2.04. The largest absolute Gasteiger partial charge is 0.478 e. The quantitative estimate of drug-likeness (QED) is 0.820. The van der Waals surface area contributed by atoms with E-state index in [9.17, 15) is 19.2 Å². The van der Waals surface area contributed by atoms with Gasteiger partial charge in [-0.3, -0.25) is 0 Å². The fraction of sp³-hybridized carbons (Fsp3) is 0.286. The van der Waals surface area contributed by atoms with Gasteiger partial charge in [-0.05, 0) is 24.3 Å². The van der Waals surface area contributed by atoms with Crippen LogP contribution in [0.3, 0.4) is 0 Å².